The van der Waals surface area contributed by atoms with E-state index in [1.807, 2.05) is 0 Å². The average Bonchev–Trinajstić information content (AvgIpc) is 3.37. The summed E-state index contributed by atoms with van der Waals surface area (Å²) in [6, 6.07) is 5.20. The second-order valence-corrected chi connectivity index (χ2v) is 17.6. The van der Waals surface area contributed by atoms with Crippen LogP contribution < -0.4 is 15.4 Å². The normalized spacial score (nSPS) is 25.9. The van der Waals surface area contributed by atoms with E-state index in [0.29, 0.717) is 32.7 Å². The molecule has 54 heavy (non-hydrogen) atoms. The first-order chi connectivity index (χ1) is 25.8. The summed E-state index contributed by atoms with van der Waals surface area (Å²) in [4.78, 5) is 16.1. The van der Waals surface area contributed by atoms with Crippen molar-refractivity contribution in [2.45, 2.75) is 56.2 Å². The Morgan fingerprint density at radius 1 is 1.06 bits per heavy atom. The van der Waals surface area contributed by atoms with Crippen LogP contribution in [0.4, 0.5) is 28.4 Å². The van der Waals surface area contributed by atoms with E-state index >= 15 is 8.78 Å². The molecule has 3 aliphatic heterocycles. The zero-order valence-electron chi connectivity index (χ0n) is 30.1. The molecule has 11 nitrogen and oxygen atoms in total. The summed E-state index contributed by atoms with van der Waals surface area (Å²) in [5.74, 6) is -4.12. The quantitative estimate of drug-likeness (QED) is 0.191. The van der Waals surface area contributed by atoms with E-state index in [4.69, 9.17) is 20.2 Å². The van der Waals surface area contributed by atoms with Crippen LogP contribution in [0.1, 0.15) is 37.7 Å². The predicted octanol–water partition coefficient (Wildman–Crippen LogP) is 5.93. The number of nitrogens with zero attached hydrogens (tertiary/aromatic N) is 8. The van der Waals surface area contributed by atoms with Gasteiger partial charge in [-0.3, -0.25) is 9.58 Å². The Hall–Kier alpha value is -4.30. The van der Waals surface area contributed by atoms with Gasteiger partial charge in [0, 0.05) is 83.9 Å². The van der Waals surface area contributed by atoms with Crippen molar-refractivity contribution in [2.75, 3.05) is 64.2 Å². The molecule has 6 heterocycles. The number of anilines is 2. The largest absolute Gasteiger partial charge is 0.463 e. The van der Waals surface area contributed by atoms with Crippen molar-refractivity contribution in [1.82, 2.24) is 29.5 Å². The molecule has 2 N–H and O–H groups in total. The number of nitrogens with two attached hydrogens (primary N) is 1. The number of alkyl halides is 2. The number of fused-ring (bicyclic) bond motifs is 6. The standard InChI is InChI=1S/C38H39F4N9O2S/c1-48(2)15-37(14-38(37,41)42)18-53-35-45-32-27(34(46-35)51-19-4-5-20(51)12-50(11-19)21-8-36(9-21)16-52-17-36)23-13-49(3)47-31(23)29(30(32)40)28-24(39)6-7-25-26(28)22(10-43)33(44)54-25/h6-7,13,19-21H,4-5,8-9,11-12,14-18,44H2,1-3H3/t19-,20+,37-/m1/s1. The van der Waals surface area contributed by atoms with Crippen molar-refractivity contribution >= 4 is 54.0 Å². The fourth-order valence-corrected chi connectivity index (χ4v) is 10.8. The summed E-state index contributed by atoms with van der Waals surface area (Å²) in [5, 5.41) is 16.0. The van der Waals surface area contributed by atoms with Gasteiger partial charge in [-0.1, -0.05) is 0 Å². The lowest BCUT2D eigenvalue weighted by molar-refractivity contribution is -0.185. The number of hydrogen-bond acceptors (Lipinski definition) is 11. The molecule has 1 spiro atoms. The van der Waals surface area contributed by atoms with Gasteiger partial charge >= 0.3 is 6.01 Å². The van der Waals surface area contributed by atoms with Gasteiger partial charge in [0.2, 0.25) is 0 Å². The number of nitrogen functional groups attached to an aromatic ring is 1. The van der Waals surface area contributed by atoms with Gasteiger partial charge in [0.15, 0.2) is 5.82 Å². The fraction of sp³-hybridized carbons (Fsp3) is 0.526. The van der Waals surface area contributed by atoms with Crippen LogP contribution in [-0.2, 0) is 11.8 Å². The first-order valence-corrected chi connectivity index (χ1v) is 19.2. The third-order valence-electron chi connectivity index (χ3n) is 12.6. The number of nitriles is 1. The van der Waals surface area contributed by atoms with Gasteiger partial charge in [-0.2, -0.15) is 20.3 Å². The summed E-state index contributed by atoms with van der Waals surface area (Å²) in [5.41, 5.74) is 4.86. The number of rotatable bonds is 8. The van der Waals surface area contributed by atoms with Crippen LogP contribution >= 0.6 is 11.3 Å². The molecule has 5 aliphatic rings. The fourth-order valence-electron chi connectivity index (χ4n) is 9.90. The number of piperazine rings is 1. The van der Waals surface area contributed by atoms with E-state index in [1.165, 1.54) is 16.8 Å². The van der Waals surface area contributed by atoms with E-state index in [0.717, 1.165) is 63.3 Å². The highest BCUT2D eigenvalue weighted by Gasteiger charge is 2.71. The maximum Gasteiger partial charge on any atom is 0.319 e. The van der Waals surface area contributed by atoms with E-state index in [-0.39, 0.29) is 75.8 Å². The lowest BCUT2D eigenvalue weighted by Gasteiger charge is -2.58. The number of aromatic nitrogens is 4. The Bertz CT molecular complexity index is 2420. The van der Waals surface area contributed by atoms with Crippen LogP contribution in [-0.4, -0.2) is 107 Å². The number of halogens is 4. The monoisotopic (exact) mass is 761 g/mol. The molecule has 5 fully saturated rings. The second-order valence-electron chi connectivity index (χ2n) is 16.5. The van der Waals surface area contributed by atoms with Crippen molar-refractivity contribution in [2.24, 2.45) is 17.9 Å². The highest BCUT2D eigenvalue weighted by molar-refractivity contribution is 7.23. The SMILES string of the molecule is CN(C)C[C@@]1(COc2nc(N3[C@@H]4CC[C@H]3CN(C3CC5(COC5)C3)C4)c3c(n2)c(F)c(-c2c(F)ccc4sc(N)c(C#N)c24)c2nn(C)cc23)CC1(F)F. The van der Waals surface area contributed by atoms with Gasteiger partial charge in [-0.25, -0.2) is 17.6 Å². The number of hydrogen-bond donors (Lipinski definition) is 1. The predicted molar refractivity (Wildman–Crippen MR) is 197 cm³/mol. The number of ether oxygens (including phenoxy) is 2. The highest BCUT2D eigenvalue weighted by Crippen LogP contribution is 2.61. The van der Waals surface area contributed by atoms with Crippen molar-refractivity contribution in [3.63, 3.8) is 0 Å². The molecule has 16 heteroatoms. The third kappa shape index (κ3) is 4.90. The van der Waals surface area contributed by atoms with Gasteiger partial charge in [0.1, 0.15) is 40.3 Å². The molecule has 3 atom stereocenters. The molecule has 0 unspecified atom stereocenters. The van der Waals surface area contributed by atoms with Gasteiger partial charge in [0.25, 0.3) is 5.92 Å². The molecule has 3 aromatic heterocycles. The maximum atomic E-state index is 17.7. The molecule has 2 aromatic carbocycles. The summed E-state index contributed by atoms with van der Waals surface area (Å²) in [7, 11) is 5.16. The number of likely N-dealkylation sites (tertiary alicyclic amines) is 1. The third-order valence-corrected chi connectivity index (χ3v) is 13.5. The van der Waals surface area contributed by atoms with Gasteiger partial charge in [0.05, 0.1) is 35.1 Å². The number of thiophene rings is 1. The van der Waals surface area contributed by atoms with Gasteiger partial charge < -0.3 is 25.0 Å². The smallest absolute Gasteiger partial charge is 0.319 e. The summed E-state index contributed by atoms with van der Waals surface area (Å²) >= 11 is 1.12. The van der Waals surface area contributed by atoms with E-state index in [9.17, 15) is 14.0 Å². The van der Waals surface area contributed by atoms with Crippen LogP contribution in [0, 0.1) is 33.8 Å². The minimum absolute atomic E-state index is 0.0497. The first kappa shape index (κ1) is 34.2. The Balaban J connectivity index is 1.15. The highest BCUT2D eigenvalue weighted by atomic mass is 32.1. The van der Waals surface area contributed by atoms with Crippen molar-refractivity contribution in [3.8, 4) is 23.2 Å². The van der Waals surface area contributed by atoms with Crippen LogP contribution in [0.3, 0.4) is 0 Å². The number of benzene rings is 2. The molecule has 2 aliphatic carbocycles. The Kier molecular flexibility index (Phi) is 7.35. The average molecular weight is 762 g/mol. The summed E-state index contributed by atoms with van der Waals surface area (Å²) in [6.45, 7) is 2.99. The summed E-state index contributed by atoms with van der Waals surface area (Å²) in [6.07, 6.45) is 5.45. The van der Waals surface area contributed by atoms with E-state index in [1.54, 1.807) is 32.2 Å². The molecule has 0 amide bonds. The lowest BCUT2D eigenvalue weighted by atomic mass is 9.63. The Morgan fingerprint density at radius 2 is 1.78 bits per heavy atom. The lowest BCUT2D eigenvalue weighted by Crippen LogP contribution is -2.64. The van der Waals surface area contributed by atoms with E-state index < -0.39 is 23.0 Å². The van der Waals surface area contributed by atoms with Crippen molar-refractivity contribution in [3.05, 3.63) is 35.5 Å². The van der Waals surface area contributed by atoms with Gasteiger partial charge in [-0.15, -0.1) is 11.3 Å². The first-order valence-electron chi connectivity index (χ1n) is 18.3. The van der Waals surface area contributed by atoms with Crippen LogP contribution in [0.5, 0.6) is 6.01 Å². The molecule has 282 valence electrons. The minimum atomic E-state index is -2.94. The topological polar surface area (TPSA) is 122 Å². The molecular weight excluding hydrogens is 723 g/mol. The molecule has 3 saturated heterocycles. The molecule has 5 aromatic rings. The molecular formula is C38H39F4N9O2S. The molecule has 10 rings (SSSR count). The Labute approximate surface area is 312 Å². The maximum absolute atomic E-state index is 17.7. The second kappa shape index (κ2) is 11.6. The van der Waals surface area contributed by atoms with Gasteiger partial charge in [-0.05, 0) is 51.9 Å². The van der Waals surface area contributed by atoms with Crippen LogP contribution in [0.15, 0.2) is 18.3 Å². The van der Waals surface area contributed by atoms with Crippen LogP contribution in [0.25, 0.3) is 43.0 Å². The zero-order valence-corrected chi connectivity index (χ0v) is 31.0. The Morgan fingerprint density at radius 3 is 2.41 bits per heavy atom. The minimum Gasteiger partial charge on any atom is -0.463 e. The van der Waals surface area contributed by atoms with E-state index in [2.05, 4.69) is 26.0 Å². The van der Waals surface area contributed by atoms with Crippen molar-refractivity contribution < 1.29 is 27.0 Å². The van der Waals surface area contributed by atoms with Crippen molar-refractivity contribution in [1.29, 1.82) is 5.26 Å². The summed E-state index contributed by atoms with van der Waals surface area (Å²) < 4.78 is 77.2. The van der Waals surface area contributed by atoms with Crippen LogP contribution in [0.2, 0.25) is 0 Å². The zero-order chi connectivity index (χ0) is 37.5. The molecule has 2 bridgehead atoms. The molecule has 2 saturated carbocycles. The number of aryl methyl sites for hydroxylation is 1. The molecule has 0 radical (unpaired) electrons.